The highest BCUT2D eigenvalue weighted by atomic mass is 16.5. The number of aryl methyl sites for hydroxylation is 1. The zero-order valence-electron chi connectivity index (χ0n) is 20.7. The highest BCUT2D eigenvalue weighted by Gasteiger charge is 2.19. The largest absolute Gasteiger partial charge is 0.478 e. The summed E-state index contributed by atoms with van der Waals surface area (Å²) in [6.45, 7) is 2.64. The van der Waals surface area contributed by atoms with Crippen molar-refractivity contribution in [3.8, 4) is 34.5 Å². The molecule has 0 saturated carbocycles. The summed E-state index contributed by atoms with van der Waals surface area (Å²) in [5, 5.41) is 14.3. The number of ether oxygens (including phenoxy) is 1. The molecule has 182 valence electrons. The first kappa shape index (κ1) is 23.5. The van der Waals surface area contributed by atoms with Gasteiger partial charge in [0, 0.05) is 42.2 Å². The lowest BCUT2D eigenvalue weighted by Crippen LogP contribution is -2.24. The topological polar surface area (TPSA) is 97.2 Å². The van der Waals surface area contributed by atoms with Crippen molar-refractivity contribution >= 4 is 16.7 Å². The number of piperidine rings is 1. The Morgan fingerprint density at radius 3 is 2.39 bits per heavy atom. The van der Waals surface area contributed by atoms with Gasteiger partial charge in [-0.25, -0.2) is 15.0 Å². The lowest BCUT2D eigenvalue weighted by atomic mass is 10.0. The van der Waals surface area contributed by atoms with Crippen LogP contribution in [0.15, 0.2) is 55.1 Å². The molecule has 0 amide bonds. The number of nitriles is 1. The molecule has 1 saturated heterocycles. The first-order valence-electron chi connectivity index (χ1n) is 12.0. The van der Waals surface area contributed by atoms with Crippen LogP contribution in [0.3, 0.4) is 0 Å². The van der Waals surface area contributed by atoms with Gasteiger partial charge in [-0.1, -0.05) is 18.6 Å². The summed E-state index contributed by atoms with van der Waals surface area (Å²) in [7, 11) is 5.63. The summed E-state index contributed by atoms with van der Waals surface area (Å²) in [6, 6.07) is 11.5. The molecule has 5 heterocycles. The van der Waals surface area contributed by atoms with Gasteiger partial charge in [0.25, 0.3) is 5.88 Å². The minimum Gasteiger partial charge on any atom is -0.478 e. The molecular formula is C27H28N8O. The molecule has 0 radical (unpaired) electrons. The van der Waals surface area contributed by atoms with Crippen LogP contribution in [0.25, 0.3) is 39.2 Å². The molecule has 6 rings (SSSR count). The van der Waals surface area contributed by atoms with Crippen LogP contribution in [0.2, 0.25) is 0 Å². The minimum absolute atomic E-state index is 0.425. The fourth-order valence-corrected chi connectivity index (χ4v) is 4.50. The van der Waals surface area contributed by atoms with Crippen LogP contribution in [0, 0.1) is 11.3 Å². The lowest BCUT2D eigenvalue weighted by Gasteiger charge is -2.20. The molecule has 9 nitrogen and oxygen atoms in total. The third kappa shape index (κ3) is 4.51. The number of hydrogen-bond donors (Lipinski definition) is 0. The van der Waals surface area contributed by atoms with Gasteiger partial charge in [-0.05, 0) is 51.2 Å². The predicted molar refractivity (Wildman–Crippen MR) is 139 cm³/mol. The fourth-order valence-electron chi connectivity index (χ4n) is 4.50. The second kappa shape index (κ2) is 10.1. The maximum Gasteiger partial charge on any atom is 0.258 e. The van der Waals surface area contributed by atoms with Gasteiger partial charge in [0.05, 0.1) is 36.3 Å². The number of methoxy groups -OCH3 is 1. The summed E-state index contributed by atoms with van der Waals surface area (Å²) in [4.78, 5) is 16.1. The summed E-state index contributed by atoms with van der Waals surface area (Å²) in [5.74, 6) is 0.425. The molecule has 0 spiro atoms. The Bertz CT molecular complexity index is 1540. The molecule has 1 aliphatic heterocycles. The van der Waals surface area contributed by atoms with Crippen molar-refractivity contribution in [1.29, 1.82) is 5.26 Å². The fraction of sp³-hybridized carbons (Fsp3) is 0.296. The second-order valence-electron chi connectivity index (χ2n) is 8.90. The van der Waals surface area contributed by atoms with Crippen LogP contribution >= 0.6 is 0 Å². The number of aromatic nitrogens is 6. The third-order valence-corrected chi connectivity index (χ3v) is 6.42. The number of imidazole rings is 1. The molecule has 0 aliphatic carbocycles. The van der Waals surface area contributed by atoms with E-state index in [9.17, 15) is 0 Å². The maximum atomic E-state index is 9.12. The number of benzene rings is 1. The summed E-state index contributed by atoms with van der Waals surface area (Å²) >= 11 is 0. The maximum absolute atomic E-state index is 9.12. The summed E-state index contributed by atoms with van der Waals surface area (Å²) < 4.78 is 9.16. The summed E-state index contributed by atoms with van der Waals surface area (Å²) in [6.07, 6.45) is 11.4. The molecule has 9 heteroatoms. The van der Waals surface area contributed by atoms with Crippen molar-refractivity contribution in [2.45, 2.75) is 19.3 Å². The van der Waals surface area contributed by atoms with E-state index in [2.05, 4.69) is 33.1 Å². The van der Waals surface area contributed by atoms with E-state index in [0.29, 0.717) is 22.8 Å². The van der Waals surface area contributed by atoms with Gasteiger partial charge in [0.2, 0.25) is 5.65 Å². The van der Waals surface area contributed by atoms with Crippen LogP contribution in [0.5, 0.6) is 5.88 Å². The van der Waals surface area contributed by atoms with Crippen molar-refractivity contribution in [2.75, 3.05) is 27.2 Å². The Labute approximate surface area is 209 Å². The smallest absolute Gasteiger partial charge is 0.258 e. The van der Waals surface area contributed by atoms with Crippen molar-refractivity contribution in [3.63, 3.8) is 0 Å². The monoisotopic (exact) mass is 480 g/mol. The molecule has 36 heavy (non-hydrogen) atoms. The Morgan fingerprint density at radius 2 is 1.72 bits per heavy atom. The van der Waals surface area contributed by atoms with Gasteiger partial charge >= 0.3 is 0 Å². The number of hydrogen-bond acceptors (Lipinski definition) is 7. The summed E-state index contributed by atoms with van der Waals surface area (Å²) in [5.41, 5.74) is 5.29. The lowest BCUT2D eigenvalue weighted by molar-refractivity contribution is 0.277. The molecule has 4 aromatic heterocycles. The number of likely N-dealkylation sites (tertiary alicyclic amines) is 1. The zero-order valence-corrected chi connectivity index (χ0v) is 20.7. The van der Waals surface area contributed by atoms with E-state index in [0.717, 1.165) is 27.9 Å². The van der Waals surface area contributed by atoms with Crippen molar-refractivity contribution < 1.29 is 4.74 Å². The minimum atomic E-state index is 0.425. The number of rotatable bonds is 3. The molecule has 0 atom stereocenters. The highest BCUT2D eigenvalue weighted by molar-refractivity contribution is 5.86. The van der Waals surface area contributed by atoms with E-state index in [1.54, 1.807) is 42.5 Å². The van der Waals surface area contributed by atoms with E-state index in [1.165, 1.54) is 32.4 Å². The number of fused-ring (bicyclic) bond motifs is 2. The van der Waals surface area contributed by atoms with Gasteiger partial charge in [0.15, 0.2) is 5.65 Å². The van der Waals surface area contributed by atoms with Crippen LogP contribution in [-0.2, 0) is 7.05 Å². The highest BCUT2D eigenvalue weighted by Crippen LogP contribution is 2.35. The average Bonchev–Trinajstić information content (AvgIpc) is 3.55. The molecular weight excluding hydrogens is 452 g/mol. The van der Waals surface area contributed by atoms with Gasteiger partial charge in [-0.2, -0.15) is 10.4 Å². The molecule has 0 bridgehead atoms. The van der Waals surface area contributed by atoms with Crippen molar-refractivity contribution in [1.82, 2.24) is 34.0 Å². The quantitative estimate of drug-likeness (QED) is 0.379. The zero-order chi connectivity index (χ0) is 25.1. The van der Waals surface area contributed by atoms with E-state index in [4.69, 9.17) is 15.0 Å². The van der Waals surface area contributed by atoms with Crippen LogP contribution in [0.1, 0.15) is 24.8 Å². The molecule has 1 fully saturated rings. The number of pyridine rings is 1. The average molecular weight is 481 g/mol. The Balaban J connectivity index is 0.000000330. The standard InChI is InChI=1S/C21H15N7O.C6H13N/c1-27-19-16(12-25-27)9-15(11-24-19)18-17(14-5-3-13(10-22)4-6-14)26-21(29-2)20-23-7-8-28(18)20;1-7-5-3-2-4-6-7/h3-9,11-12H,1-2H3;2-6H2,1H3. The van der Waals surface area contributed by atoms with E-state index < -0.39 is 0 Å². The normalized spacial score (nSPS) is 13.8. The Morgan fingerprint density at radius 1 is 0.944 bits per heavy atom. The number of nitrogens with zero attached hydrogens (tertiary/aromatic N) is 8. The van der Waals surface area contributed by atoms with E-state index in [-0.39, 0.29) is 0 Å². The Kier molecular flexibility index (Phi) is 6.60. The first-order chi connectivity index (χ1) is 17.6. The molecule has 1 aromatic carbocycles. The van der Waals surface area contributed by atoms with E-state index >= 15 is 0 Å². The van der Waals surface area contributed by atoms with Crippen LogP contribution < -0.4 is 4.74 Å². The van der Waals surface area contributed by atoms with E-state index in [1.807, 2.05) is 35.8 Å². The molecule has 1 aliphatic rings. The van der Waals surface area contributed by atoms with Crippen molar-refractivity contribution in [3.05, 3.63) is 60.7 Å². The second-order valence-corrected chi connectivity index (χ2v) is 8.90. The van der Waals surface area contributed by atoms with Gasteiger partial charge in [-0.3, -0.25) is 9.08 Å². The van der Waals surface area contributed by atoms with Crippen LogP contribution in [0.4, 0.5) is 0 Å². The third-order valence-electron chi connectivity index (χ3n) is 6.42. The van der Waals surface area contributed by atoms with Gasteiger partial charge in [0.1, 0.15) is 0 Å². The van der Waals surface area contributed by atoms with Crippen molar-refractivity contribution in [2.24, 2.45) is 7.05 Å². The SMILES string of the molecule is CN1CCCCC1.COc1nc(-c2ccc(C#N)cc2)c(-c2cnc3c(cnn3C)c2)n2ccnc12. The molecule has 0 N–H and O–H groups in total. The first-order valence-corrected chi connectivity index (χ1v) is 12.0. The molecule has 5 aromatic rings. The van der Waals surface area contributed by atoms with Gasteiger partial charge in [-0.15, -0.1) is 0 Å². The molecule has 0 unspecified atom stereocenters. The van der Waals surface area contributed by atoms with Crippen LogP contribution in [-0.4, -0.2) is 61.3 Å². The van der Waals surface area contributed by atoms with Gasteiger partial charge < -0.3 is 9.64 Å². The Hall–Kier alpha value is -4.29. The predicted octanol–water partition coefficient (Wildman–Crippen LogP) is 4.33.